The molecule has 0 saturated carbocycles. The van der Waals surface area contributed by atoms with E-state index in [4.69, 9.17) is 4.74 Å². The molecule has 0 unspecified atom stereocenters. The van der Waals surface area contributed by atoms with Crippen molar-refractivity contribution in [3.63, 3.8) is 0 Å². The van der Waals surface area contributed by atoms with Gasteiger partial charge in [-0.1, -0.05) is 48.5 Å². The fourth-order valence-corrected chi connectivity index (χ4v) is 4.64. The van der Waals surface area contributed by atoms with E-state index in [-0.39, 0.29) is 17.9 Å². The van der Waals surface area contributed by atoms with E-state index in [1.807, 2.05) is 18.2 Å². The first-order valence-electron chi connectivity index (χ1n) is 9.19. The maximum absolute atomic E-state index is 11.0. The van der Waals surface area contributed by atoms with Crippen LogP contribution in [0.1, 0.15) is 58.3 Å². The summed E-state index contributed by atoms with van der Waals surface area (Å²) in [7, 11) is 0. The van der Waals surface area contributed by atoms with E-state index in [0.717, 1.165) is 17.5 Å². The lowest BCUT2D eigenvalue weighted by atomic mass is 9.64. The van der Waals surface area contributed by atoms with Crippen molar-refractivity contribution in [1.29, 1.82) is 0 Å². The number of aliphatic hydroxyl groups is 1. The average Bonchev–Trinajstić information content (AvgIpc) is 2.71. The van der Waals surface area contributed by atoms with E-state index < -0.39 is 6.10 Å². The van der Waals surface area contributed by atoms with Gasteiger partial charge in [0.15, 0.2) is 0 Å². The Balaban J connectivity index is 1.56. The molecule has 0 fully saturated rings. The Hall–Kier alpha value is -2.49. The van der Waals surface area contributed by atoms with Crippen molar-refractivity contribution in [3.05, 3.63) is 101 Å². The van der Waals surface area contributed by atoms with Gasteiger partial charge in [-0.25, -0.2) is 0 Å². The number of rotatable bonds is 3. The molecule has 0 aliphatic heterocycles. The second kappa shape index (κ2) is 6.35. The minimum absolute atomic E-state index is 0.00395. The molecule has 1 N–H and O–H groups in total. The van der Waals surface area contributed by atoms with Gasteiger partial charge in [-0.3, -0.25) is 4.98 Å². The SMILES string of the molecule is O[C@H]1c2ccccc2[C@@H]2C[C@H]1c1ccccc1[C@@H]2OCc1ccncc1. The predicted octanol–water partition coefficient (Wildman–Crippen LogP) is 4.66. The normalized spacial score (nSPS) is 26.0. The minimum atomic E-state index is -0.440. The highest BCUT2D eigenvalue weighted by molar-refractivity contribution is 5.47. The van der Waals surface area contributed by atoms with Crippen molar-refractivity contribution in [1.82, 2.24) is 4.98 Å². The summed E-state index contributed by atoms with van der Waals surface area (Å²) in [6.07, 6.45) is 4.09. The van der Waals surface area contributed by atoms with E-state index in [2.05, 4.69) is 47.4 Å². The molecule has 5 rings (SSSR count). The molecule has 1 aromatic heterocycles. The van der Waals surface area contributed by atoms with E-state index in [9.17, 15) is 5.11 Å². The van der Waals surface area contributed by atoms with Crippen LogP contribution in [0.4, 0.5) is 0 Å². The highest BCUT2D eigenvalue weighted by atomic mass is 16.5. The van der Waals surface area contributed by atoms with Crippen LogP contribution in [0.5, 0.6) is 0 Å². The van der Waals surface area contributed by atoms with E-state index in [1.54, 1.807) is 12.4 Å². The molecule has 1 heterocycles. The quantitative estimate of drug-likeness (QED) is 0.752. The molecule has 3 aromatic rings. The maximum Gasteiger partial charge on any atom is 0.0901 e. The predicted molar refractivity (Wildman–Crippen MR) is 99.7 cm³/mol. The van der Waals surface area contributed by atoms with Gasteiger partial charge in [0.1, 0.15) is 0 Å². The number of ether oxygens (including phenoxy) is 1. The van der Waals surface area contributed by atoms with Crippen LogP contribution in [0, 0.1) is 0 Å². The molecule has 3 nitrogen and oxygen atoms in total. The fourth-order valence-electron chi connectivity index (χ4n) is 4.64. The molecular weight excluding hydrogens is 322 g/mol. The van der Waals surface area contributed by atoms with Gasteiger partial charge < -0.3 is 9.84 Å². The molecule has 130 valence electrons. The lowest BCUT2D eigenvalue weighted by molar-refractivity contribution is -0.00475. The Bertz CT molecular complexity index is 924. The van der Waals surface area contributed by atoms with Gasteiger partial charge in [0.2, 0.25) is 0 Å². The van der Waals surface area contributed by atoms with E-state index >= 15 is 0 Å². The number of nitrogens with zero attached hydrogens (tertiary/aromatic N) is 1. The molecule has 2 aromatic carbocycles. The Labute approximate surface area is 153 Å². The molecule has 2 aliphatic rings. The van der Waals surface area contributed by atoms with Crippen LogP contribution in [-0.4, -0.2) is 10.1 Å². The zero-order valence-electron chi connectivity index (χ0n) is 14.5. The topological polar surface area (TPSA) is 42.4 Å². The van der Waals surface area contributed by atoms with Crippen molar-refractivity contribution < 1.29 is 9.84 Å². The first-order valence-corrected chi connectivity index (χ1v) is 9.19. The molecular formula is C23H21NO2. The average molecular weight is 343 g/mol. The van der Waals surface area contributed by atoms with Crippen molar-refractivity contribution >= 4 is 0 Å². The number of hydrogen-bond donors (Lipinski definition) is 1. The summed E-state index contributed by atoms with van der Waals surface area (Å²) < 4.78 is 6.46. The zero-order valence-corrected chi connectivity index (χ0v) is 14.5. The molecule has 0 radical (unpaired) electrons. The van der Waals surface area contributed by atoms with Crippen molar-refractivity contribution in [2.75, 3.05) is 0 Å². The van der Waals surface area contributed by atoms with Gasteiger partial charge >= 0.3 is 0 Å². The summed E-state index contributed by atoms with van der Waals surface area (Å²) in [5, 5.41) is 11.0. The lowest BCUT2D eigenvalue weighted by Gasteiger charge is -2.45. The maximum atomic E-state index is 11.0. The summed E-state index contributed by atoms with van der Waals surface area (Å²) in [5.74, 6) is 0.420. The smallest absolute Gasteiger partial charge is 0.0901 e. The third kappa shape index (κ3) is 2.47. The summed E-state index contributed by atoms with van der Waals surface area (Å²) in [4.78, 5) is 4.08. The number of aromatic nitrogens is 1. The summed E-state index contributed by atoms with van der Waals surface area (Å²) in [6.45, 7) is 0.563. The van der Waals surface area contributed by atoms with Gasteiger partial charge in [0.25, 0.3) is 0 Å². The van der Waals surface area contributed by atoms with Gasteiger partial charge in [0.05, 0.1) is 18.8 Å². The van der Waals surface area contributed by atoms with Crippen LogP contribution in [0.2, 0.25) is 0 Å². The van der Waals surface area contributed by atoms with Crippen LogP contribution in [0.25, 0.3) is 0 Å². The zero-order chi connectivity index (χ0) is 17.5. The summed E-state index contributed by atoms with van der Waals surface area (Å²) in [5.41, 5.74) is 5.86. The van der Waals surface area contributed by atoms with Crippen LogP contribution < -0.4 is 0 Å². The Morgan fingerprint density at radius 2 is 1.42 bits per heavy atom. The van der Waals surface area contributed by atoms with E-state index in [1.165, 1.54) is 16.7 Å². The fraction of sp³-hybridized carbons (Fsp3) is 0.261. The Kier molecular flexibility index (Phi) is 3.84. The molecule has 2 bridgehead atoms. The second-order valence-electron chi connectivity index (χ2n) is 7.24. The Morgan fingerprint density at radius 1 is 0.808 bits per heavy atom. The molecule has 0 saturated heterocycles. The highest BCUT2D eigenvalue weighted by Crippen LogP contribution is 2.56. The Morgan fingerprint density at radius 3 is 2.15 bits per heavy atom. The van der Waals surface area contributed by atoms with Crippen molar-refractivity contribution in [3.8, 4) is 0 Å². The third-order valence-corrected chi connectivity index (χ3v) is 5.85. The number of benzene rings is 2. The molecule has 2 aliphatic carbocycles. The van der Waals surface area contributed by atoms with Crippen LogP contribution in [-0.2, 0) is 11.3 Å². The number of aliphatic hydroxyl groups excluding tert-OH is 1. The van der Waals surface area contributed by atoms with Gasteiger partial charge in [-0.2, -0.15) is 0 Å². The molecule has 0 amide bonds. The van der Waals surface area contributed by atoms with Crippen molar-refractivity contribution in [2.45, 2.75) is 37.1 Å². The standard InChI is InChI=1S/C23H21NO2/c25-22-18-7-3-1-5-16(18)21-13-20(22)17-6-2-4-8-19(17)23(21)26-14-15-9-11-24-12-10-15/h1-12,20-23,25H,13-14H2/t20-,21-,22-,23-/m0/s1. The summed E-state index contributed by atoms with van der Waals surface area (Å²) >= 11 is 0. The number of fused-ring (bicyclic) bond motifs is 6. The van der Waals surface area contributed by atoms with E-state index in [0.29, 0.717) is 6.61 Å². The van der Waals surface area contributed by atoms with Gasteiger partial charge in [0, 0.05) is 24.2 Å². The van der Waals surface area contributed by atoms with Crippen LogP contribution in [0.3, 0.4) is 0 Å². The van der Waals surface area contributed by atoms with Gasteiger partial charge in [-0.05, 0) is 46.4 Å². The largest absolute Gasteiger partial charge is 0.388 e. The number of hydrogen-bond acceptors (Lipinski definition) is 3. The van der Waals surface area contributed by atoms with Gasteiger partial charge in [-0.15, -0.1) is 0 Å². The molecule has 0 spiro atoms. The minimum Gasteiger partial charge on any atom is -0.388 e. The van der Waals surface area contributed by atoms with Crippen LogP contribution in [0.15, 0.2) is 73.1 Å². The molecule has 3 heteroatoms. The molecule has 4 atom stereocenters. The van der Waals surface area contributed by atoms with Crippen LogP contribution >= 0.6 is 0 Å². The molecule has 26 heavy (non-hydrogen) atoms. The first-order chi connectivity index (χ1) is 12.8. The number of pyridine rings is 1. The summed E-state index contributed by atoms with van der Waals surface area (Å²) in [6, 6.07) is 20.7. The lowest BCUT2D eigenvalue weighted by Crippen LogP contribution is -2.32. The monoisotopic (exact) mass is 343 g/mol. The second-order valence-corrected chi connectivity index (χ2v) is 7.24. The van der Waals surface area contributed by atoms with Crippen molar-refractivity contribution in [2.24, 2.45) is 0 Å². The highest BCUT2D eigenvalue weighted by Gasteiger charge is 2.44. The first kappa shape index (κ1) is 15.7. The third-order valence-electron chi connectivity index (χ3n) is 5.85.